The predicted octanol–water partition coefficient (Wildman–Crippen LogP) is -0.0274. The van der Waals surface area contributed by atoms with Crippen molar-refractivity contribution in [1.82, 2.24) is 5.48 Å². The number of hydroxylamine groups is 1. The molecular formula is C5H13NO3. The lowest BCUT2D eigenvalue weighted by molar-refractivity contribution is -0.137. The molecule has 0 saturated heterocycles. The van der Waals surface area contributed by atoms with E-state index in [0.29, 0.717) is 0 Å². The number of hydrogen-bond acceptors (Lipinski definition) is 4. The quantitative estimate of drug-likeness (QED) is 0.420. The van der Waals surface area contributed by atoms with Crippen LogP contribution in [-0.2, 0) is 9.47 Å². The van der Waals surface area contributed by atoms with Crippen molar-refractivity contribution in [2.45, 2.75) is 19.3 Å². The van der Waals surface area contributed by atoms with Gasteiger partial charge < -0.3 is 14.7 Å². The van der Waals surface area contributed by atoms with Crippen LogP contribution in [-0.4, -0.2) is 31.8 Å². The Kier molecular flexibility index (Phi) is 4.61. The molecule has 0 aromatic carbocycles. The van der Waals surface area contributed by atoms with Gasteiger partial charge in [0.15, 0.2) is 6.29 Å². The Labute approximate surface area is 54.7 Å². The van der Waals surface area contributed by atoms with Crippen LogP contribution < -0.4 is 5.48 Å². The lowest BCUT2D eigenvalue weighted by Gasteiger charge is -2.18. The molecule has 0 aromatic rings. The summed E-state index contributed by atoms with van der Waals surface area (Å²) in [6, 6.07) is -0.208. The van der Waals surface area contributed by atoms with Gasteiger partial charge in [0.25, 0.3) is 0 Å². The summed E-state index contributed by atoms with van der Waals surface area (Å²) in [6.45, 7) is 1.75. The van der Waals surface area contributed by atoms with Gasteiger partial charge in [-0.1, -0.05) is 0 Å². The normalized spacial score (nSPS) is 14.3. The molecule has 0 radical (unpaired) electrons. The molecule has 0 spiro atoms. The van der Waals surface area contributed by atoms with E-state index >= 15 is 0 Å². The van der Waals surface area contributed by atoms with Gasteiger partial charge in [-0.05, 0) is 6.92 Å². The molecule has 9 heavy (non-hydrogen) atoms. The summed E-state index contributed by atoms with van der Waals surface area (Å²) in [6.07, 6.45) is -0.394. The maximum Gasteiger partial charge on any atom is 0.173 e. The van der Waals surface area contributed by atoms with Crippen LogP contribution in [0.25, 0.3) is 0 Å². The summed E-state index contributed by atoms with van der Waals surface area (Å²) >= 11 is 0. The van der Waals surface area contributed by atoms with E-state index in [4.69, 9.17) is 14.7 Å². The lowest BCUT2D eigenvalue weighted by Crippen LogP contribution is -2.37. The minimum absolute atomic E-state index is 0.208. The van der Waals surface area contributed by atoms with Gasteiger partial charge in [-0.2, -0.15) is 5.48 Å². The third-order valence-corrected chi connectivity index (χ3v) is 1.08. The maximum atomic E-state index is 8.36. The van der Waals surface area contributed by atoms with E-state index in [1.165, 1.54) is 14.2 Å². The largest absolute Gasteiger partial charge is 0.354 e. The predicted molar refractivity (Wildman–Crippen MR) is 32.2 cm³/mol. The summed E-state index contributed by atoms with van der Waals surface area (Å²) in [5, 5.41) is 8.36. The molecule has 0 bridgehead atoms. The van der Waals surface area contributed by atoms with Crippen LogP contribution in [0.5, 0.6) is 0 Å². The average Bonchev–Trinajstić information content (AvgIpc) is 1.90. The van der Waals surface area contributed by atoms with E-state index in [9.17, 15) is 0 Å². The van der Waals surface area contributed by atoms with Crippen molar-refractivity contribution in [3.05, 3.63) is 0 Å². The van der Waals surface area contributed by atoms with Crippen LogP contribution in [0.3, 0.4) is 0 Å². The maximum absolute atomic E-state index is 8.36. The minimum atomic E-state index is -0.394. The smallest absolute Gasteiger partial charge is 0.173 e. The van der Waals surface area contributed by atoms with Gasteiger partial charge in [-0.3, -0.25) is 0 Å². The van der Waals surface area contributed by atoms with Crippen LogP contribution in [0.15, 0.2) is 0 Å². The first kappa shape index (κ1) is 8.84. The first-order chi connectivity index (χ1) is 4.26. The Balaban J connectivity index is 3.50. The zero-order valence-electron chi connectivity index (χ0n) is 5.92. The van der Waals surface area contributed by atoms with E-state index in [2.05, 4.69) is 0 Å². The second-order valence-corrected chi connectivity index (χ2v) is 1.76. The minimum Gasteiger partial charge on any atom is -0.354 e. The van der Waals surface area contributed by atoms with Gasteiger partial charge in [-0.25, -0.2) is 0 Å². The van der Waals surface area contributed by atoms with E-state index in [1.807, 2.05) is 5.48 Å². The molecule has 0 aromatic heterocycles. The van der Waals surface area contributed by atoms with Gasteiger partial charge in [0, 0.05) is 14.2 Å². The van der Waals surface area contributed by atoms with Crippen molar-refractivity contribution in [2.75, 3.05) is 14.2 Å². The van der Waals surface area contributed by atoms with E-state index in [-0.39, 0.29) is 6.04 Å². The standard InChI is InChI=1S/C5H13NO3/c1-4(6-7)5(8-2)9-3/h4-7H,1-3H3. The Hall–Kier alpha value is -0.160. The topological polar surface area (TPSA) is 50.7 Å². The fraction of sp³-hybridized carbons (Fsp3) is 1.00. The molecule has 0 amide bonds. The van der Waals surface area contributed by atoms with Crippen LogP contribution in [0.2, 0.25) is 0 Å². The first-order valence-electron chi connectivity index (χ1n) is 2.71. The highest BCUT2D eigenvalue weighted by Crippen LogP contribution is 1.95. The first-order valence-corrected chi connectivity index (χ1v) is 2.71. The van der Waals surface area contributed by atoms with Crippen molar-refractivity contribution < 1.29 is 14.7 Å². The number of methoxy groups -OCH3 is 2. The third-order valence-electron chi connectivity index (χ3n) is 1.08. The summed E-state index contributed by atoms with van der Waals surface area (Å²) in [4.78, 5) is 0. The number of nitrogens with one attached hydrogen (secondary N) is 1. The molecule has 1 unspecified atom stereocenters. The molecule has 0 aliphatic heterocycles. The molecule has 0 fully saturated rings. The lowest BCUT2D eigenvalue weighted by atomic mass is 10.3. The number of hydrogen-bond donors (Lipinski definition) is 2. The Bertz CT molecular complexity index is 65.2. The Morgan fingerprint density at radius 2 is 1.78 bits per heavy atom. The van der Waals surface area contributed by atoms with Crippen molar-refractivity contribution >= 4 is 0 Å². The Morgan fingerprint density at radius 1 is 1.33 bits per heavy atom. The van der Waals surface area contributed by atoms with Gasteiger partial charge >= 0.3 is 0 Å². The molecule has 1 atom stereocenters. The SMILES string of the molecule is COC(OC)C(C)NO. The molecule has 4 nitrogen and oxygen atoms in total. The molecule has 0 rings (SSSR count). The molecule has 56 valence electrons. The van der Waals surface area contributed by atoms with Crippen LogP contribution in [0.1, 0.15) is 6.92 Å². The van der Waals surface area contributed by atoms with Gasteiger partial charge in [0.2, 0.25) is 0 Å². The van der Waals surface area contributed by atoms with Gasteiger partial charge in [-0.15, -0.1) is 0 Å². The second-order valence-electron chi connectivity index (χ2n) is 1.76. The average molecular weight is 135 g/mol. The van der Waals surface area contributed by atoms with Crippen molar-refractivity contribution in [1.29, 1.82) is 0 Å². The molecule has 0 saturated carbocycles. The zero-order chi connectivity index (χ0) is 7.28. The fourth-order valence-electron chi connectivity index (χ4n) is 0.565. The summed E-state index contributed by atoms with van der Waals surface area (Å²) in [7, 11) is 3.03. The van der Waals surface area contributed by atoms with Crippen molar-refractivity contribution in [2.24, 2.45) is 0 Å². The highest BCUT2D eigenvalue weighted by atomic mass is 16.7. The van der Waals surface area contributed by atoms with Crippen molar-refractivity contribution in [3.8, 4) is 0 Å². The summed E-state index contributed by atoms with van der Waals surface area (Å²) < 4.78 is 9.61. The molecule has 0 aliphatic carbocycles. The Morgan fingerprint density at radius 3 is 1.89 bits per heavy atom. The van der Waals surface area contributed by atoms with Gasteiger partial charge in [0.05, 0.1) is 6.04 Å². The second kappa shape index (κ2) is 4.69. The molecular weight excluding hydrogens is 122 g/mol. The zero-order valence-corrected chi connectivity index (χ0v) is 5.92. The molecule has 0 heterocycles. The van der Waals surface area contributed by atoms with E-state index in [0.717, 1.165) is 0 Å². The number of rotatable bonds is 4. The fourth-order valence-corrected chi connectivity index (χ4v) is 0.565. The van der Waals surface area contributed by atoms with E-state index < -0.39 is 6.29 Å². The van der Waals surface area contributed by atoms with Crippen LogP contribution in [0.4, 0.5) is 0 Å². The summed E-state index contributed by atoms with van der Waals surface area (Å²) in [5.74, 6) is 0. The molecule has 2 N–H and O–H groups in total. The monoisotopic (exact) mass is 135 g/mol. The highest BCUT2D eigenvalue weighted by Gasteiger charge is 2.13. The number of ether oxygens (including phenoxy) is 2. The van der Waals surface area contributed by atoms with Crippen molar-refractivity contribution in [3.63, 3.8) is 0 Å². The van der Waals surface area contributed by atoms with Gasteiger partial charge in [0.1, 0.15) is 0 Å². The van der Waals surface area contributed by atoms with E-state index in [1.54, 1.807) is 6.92 Å². The summed E-state index contributed by atoms with van der Waals surface area (Å²) in [5.41, 5.74) is 2.02. The molecule has 0 aliphatic rings. The molecule has 4 heteroatoms. The highest BCUT2D eigenvalue weighted by molar-refractivity contribution is 4.56. The van der Waals surface area contributed by atoms with Crippen LogP contribution in [0, 0.1) is 0 Å². The van der Waals surface area contributed by atoms with Crippen LogP contribution >= 0.6 is 0 Å². The third kappa shape index (κ3) is 2.76.